The topological polar surface area (TPSA) is 139 Å². The number of rotatable bonds is 5. The maximum atomic E-state index is 11.9. The van der Waals surface area contributed by atoms with Gasteiger partial charge in [-0.15, -0.1) is 0 Å². The van der Waals surface area contributed by atoms with Crippen molar-refractivity contribution in [3.63, 3.8) is 0 Å². The van der Waals surface area contributed by atoms with E-state index in [1.807, 2.05) is 13.8 Å². The molecule has 2 atom stereocenters. The van der Waals surface area contributed by atoms with Crippen LogP contribution in [-0.2, 0) is 10.0 Å². The van der Waals surface area contributed by atoms with Gasteiger partial charge in [0.2, 0.25) is 10.0 Å². The highest BCUT2D eigenvalue weighted by atomic mass is 32.2. The van der Waals surface area contributed by atoms with Gasteiger partial charge >= 0.3 is 0 Å². The Morgan fingerprint density at radius 2 is 2.07 bits per heavy atom. The molecule has 0 unspecified atom stereocenters. The normalized spacial score (nSPS) is 24.9. The molecule has 1 aliphatic carbocycles. The molecule has 9 nitrogen and oxygen atoms in total. The zero-order valence-corrected chi connectivity index (χ0v) is 16.6. The quantitative estimate of drug-likeness (QED) is 0.599. The summed E-state index contributed by atoms with van der Waals surface area (Å²) in [6, 6.07) is 1.47. The highest BCUT2D eigenvalue weighted by Gasteiger charge is 2.50. The third-order valence-electron chi connectivity index (χ3n) is 5.70. The predicted octanol–water partition coefficient (Wildman–Crippen LogP) is 1.16. The maximum Gasteiger partial charge on any atom is 0.252 e. The second kappa shape index (κ2) is 6.10. The number of fused-ring (bicyclic) bond motifs is 1. The lowest BCUT2D eigenvalue weighted by Crippen LogP contribution is -2.45. The molecule has 0 saturated heterocycles. The van der Waals surface area contributed by atoms with E-state index in [0.29, 0.717) is 29.7 Å². The molecule has 27 heavy (non-hydrogen) atoms. The number of sulfonamides is 1. The number of amides is 1. The van der Waals surface area contributed by atoms with Crippen LogP contribution in [0.25, 0.3) is 5.52 Å². The fourth-order valence-electron chi connectivity index (χ4n) is 3.58. The van der Waals surface area contributed by atoms with Gasteiger partial charge < -0.3 is 16.2 Å². The molecule has 2 heterocycles. The van der Waals surface area contributed by atoms with Crippen LogP contribution in [0.1, 0.15) is 44.0 Å². The molecular formula is C17H25N5O4S. The van der Waals surface area contributed by atoms with Gasteiger partial charge in [-0.1, -0.05) is 13.8 Å². The third kappa shape index (κ3) is 3.46. The summed E-state index contributed by atoms with van der Waals surface area (Å²) in [7, 11) is -3.46. The monoisotopic (exact) mass is 395 g/mol. The maximum absolute atomic E-state index is 11.9. The average molecular weight is 395 g/mol. The first-order valence-electron chi connectivity index (χ1n) is 8.60. The van der Waals surface area contributed by atoms with Gasteiger partial charge in [0.05, 0.1) is 46.7 Å². The van der Waals surface area contributed by atoms with E-state index in [1.165, 1.54) is 16.9 Å². The molecule has 0 aliphatic heterocycles. The molecular weight excluding hydrogens is 370 g/mol. The molecule has 10 heteroatoms. The second-order valence-electron chi connectivity index (χ2n) is 7.96. The lowest BCUT2D eigenvalue weighted by atomic mass is 9.76. The van der Waals surface area contributed by atoms with Gasteiger partial charge in [0.15, 0.2) is 0 Å². The first kappa shape index (κ1) is 19.4. The van der Waals surface area contributed by atoms with Gasteiger partial charge in [-0.3, -0.25) is 9.52 Å². The number of aliphatic hydroxyl groups is 1. The summed E-state index contributed by atoms with van der Waals surface area (Å²) in [6.07, 6.45) is 5.25. The summed E-state index contributed by atoms with van der Waals surface area (Å²) in [5, 5.41) is 18.2. The van der Waals surface area contributed by atoms with Gasteiger partial charge in [0.1, 0.15) is 0 Å². The molecule has 1 fully saturated rings. The summed E-state index contributed by atoms with van der Waals surface area (Å²) in [5.74, 6) is -0.645. The minimum Gasteiger partial charge on any atom is -0.390 e. The molecule has 0 aromatic carbocycles. The van der Waals surface area contributed by atoms with E-state index in [2.05, 4.69) is 15.1 Å². The van der Waals surface area contributed by atoms with E-state index in [-0.39, 0.29) is 11.6 Å². The number of carbonyl (C=O) groups is 1. The summed E-state index contributed by atoms with van der Waals surface area (Å²) >= 11 is 0. The molecule has 5 N–H and O–H groups in total. The number of nitrogens with two attached hydrogens (primary N) is 1. The van der Waals surface area contributed by atoms with Crippen LogP contribution in [0.2, 0.25) is 0 Å². The SMILES string of the molecule is CC1(C)[C@H](Nc2c(C(N)=O)cnn3cc(NS(C)(=O)=O)cc23)CC[C@@]1(C)O. The number of carbonyl (C=O) groups excluding carboxylic acids is 1. The molecule has 1 amide bonds. The van der Waals surface area contributed by atoms with Crippen LogP contribution in [-0.4, -0.2) is 46.9 Å². The van der Waals surface area contributed by atoms with Crippen molar-refractivity contribution in [2.24, 2.45) is 11.1 Å². The van der Waals surface area contributed by atoms with Gasteiger partial charge in [-0.25, -0.2) is 12.9 Å². The number of nitrogens with zero attached hydrogens (tertiary/aromatic N) is 2. The van der Waals surface area contributed by atoms with E-state index in [1.54, 1.807) is 13.0 Å². The molecule has 2 aromatic heterocycles. The fraction of sp³-hybridized carbons (Fsp3) is 0.529. The van der Waals surface area contributed by atoms with Gasteiger partial charge in [-0.05, 0) is 25.8 Å². The van der Waals surface area contributed by atoms with Gasteiger partial charge in [0.25, 0.3) is 5.91 Å². The van der Waals surface area contributed by atoms with E-state index < -0.39 is 26.9 Å². The van der Waals surface area contributed by atoms with E-state index in [4.69, 9.17) is 5.73 Å². The Morgan fingerprint density at radius 3 is 2.59 bits per heavy atom. The smallest absolute Gasteiger partial charge is 0.252 e. The van der Waals surface area contributed by atoms with E-state index >= 15 is 0 Å². The molecule has 2 aromatic rings. The fourth-order valence-corrected chi connectivity index (χ4v) is 4.12. The van der Waals surface area contributed by atoms with Crippen molar-refractivity contribution >= 4 is 32.8 Å². The van der Waals surface area contributed by atoms with Gasteiger partial charge in [-0.2, -0.15) is 5.10 Å². The van der Waals surface area contributed by atoms with Crippen LogP contribution in [0.3, 0.4) is 0 Å². The Hall–Kier alpha value is -2.33. The second-order valence-corrected chi connectivity index (χ2v) is 9.71. The summed E-state index contributed by atoms with van der Waals surface area (Å²) in [4.78, 5) is 11.9. The zero-order valence-electron chi connectivity index (χ0n) is 15.8. The van der Waals surface area contributed by atoms with Crippen LogP contribution >= 0.6 is 0 Å². The van der Waals surface area contributed by atoms with Gasteiger partial charge in [0, 0.05) is 11.5 Å². The molecule has 1 aliphatic rings. The lowest BCUT2D eigenvalue weighted by molar-refractivity contribution is -0.0283. The summed E-state index contributed by atoms with van der Waals surface area (Å²) in [6.45, 7) is 5.74. The van der Waals surface area contributed by atoms with Crippen molar-refractivity contribution in [1.29, 1.82) is 0 Å². The molecule has 0 bridgehead atoms. The van der Waals surface area contributed by atoms with Crippen LogP contribution in [0.5, 0.6) is 0 Å². The Bertz CT molecular complexity index is 1010. The molecule has 0 radical (unpaired) electrons. The molecule has 148 valence electrons. The van der Waals surface area contributed by atoms with Crippen molar-refractivity contribution in [2.75, 3.05) is 16.3 Å². The minimum absolute atomic E-state index is 0.113. The van der Waals surface area contributed by atoms with E-state index in [9.17, 15) is 18.3 Å². The summed E-state index contributed by atoms with van der Waals surface area (Å²) < 4.78 is 26.9. The first-order chi connectivity index (χ1) is 12.3. The van der Waals surface area contributed by atoms with Crippen molar-refractivity contribution in [2.45, 2.75) is 45.3 Å². The van der Waals surface area contributed by atoms with Crippen LogP contribution in [0, 0.1) is 5.41 Å². The summed E-state index contributed by atoms with van der Waals surface area (Å²) in [5.41, 5.74) is 5.72. The van der Waals surface area contributed by atoms with E-state index in [0.717, 1.165) is 6.26 Å². The van der Waals surface area contributed by atoms with Crippen molar-refractivity contribution in [3.8, 4) is 0 Å². The number of hydrogen-bond donors (Lipinski definition) is 4. The number of anilines is 2. The van der Waals surface area contributed by atoms with Crippen molar-refractivity contribution < 1.29 is 18.3 Å². The number of primary amides is 1. The molecule has 1 saturated carbocycles. The standard InChI is InChI=1S/C17H25N5O4S/c1-16(2)13(5-6-17(16,3)24)20-14-11(15(18)23)8-19-22-9-10(7-12(14)22)21-27(4,25)26/h7-9,13,20-21,24H,5-6H2,1-4H3,(H2,18,23)/t13-,17-/m1/s1. The van der Waals surface area contributed by atoms with Crippen molar-refractivity contribution in [3.05, 3.63) is 24.0 Å². The lowest BCUT2D eigenvalue weighted by Gasteiger charge is -2.38. The Balaban J connectivity index is 2.09. The third-order valence-corrected chi connectivity index (χ3v) is 6.31. The van der Waals surface area contributed by atoms with Crippen LogP contribution in [0.15, 0.2) is 18.5 Å². The van der Waals surface area contributed by atoms with Crippen molar-refractivity contribution in [1.82, 2.24) is 9.61 Å². The minimum atomic E-state index is -3.46. The first-order valence-corrected chi connectivity index (χ1v) is 10.5. The van der Waals surface area contributed by atoms with Crippen LogP contribution in [0.4, 0.5) is 11.4 Å². The Morgan fingerprint density at radius 1 is 1.41 bits per heavy atom. The number of nitrogens with one attached hydrogen (secondary N) is 2. The number of aromatic nitrogens is 2. The highest BCUT2D eigenvalue weighted by molar-refractivity contribution is 7.92. The Kier molecular flexibility index (Phi) is 4.39. The van der Waals surface area contributed by atoms with Crippen LogP contribution < -0.4 is 15.8 Å². The zero-order chi connectivity index (χ0) is 20.2. The highest BCUT2D eigenvalue weighted by Crippen LogP contribution is 2.47. The molecule has 3 rings (SSSR count). The molecule has 0 spiro atoms. The average Bonchev–Trinajstić information content (AvgIpc) is 2.98. The Labute approximate surface area is 158 Å². The number of hydrogen-bond acceptors (Lipinski definition) is 6. The largest absolute Gasteiger partial charge is 0.390 e. The predicted molar refractivity (Wildman–Crippen MR) is 103 cm³/mol.